The number of aromatic nitrogens is 1. The third-order valence-corrected chi connectivity index (χ3v) is 6.14. The van der Waals surface area contributed by atoms with Crippen LogP contribution < -0.4 is 4.31 Å². The van der Waals surface area contributed by atoms with Crippen molar-refractivity contribution in [2.75, 3.05) is 11.4 Å². The first-order valence-corrected chi connectivity index (χ1v) is 8.30. The number of aryl methyl sites for hydroxylation is 2. The molecule has 6 nitrogen and oxygen atoms in total. The van der Waals surface area contributed by atoms with E-state index < -0.39 is 21.7 Å². The fourth-order valence-corrected chi connectivity index (χ4v) is 4.53. The van der Waals surface area contributed by atoms with Gasteiger partial charge in [-0.25, -0.2) is 18.2 Å². The molecule has 0 fully saturated rings. The smallest absolute Gasteiger partial charge is 0.356 e. The van der Waals surface area contributed by atoms with Crippen molar-refractivity contribution in [3.8, 4) is 0 Å². The van der Waals surface area contributed by atoms with E-state index in [0.29, 0.717) is 5.69 Å². The lowest BCUT2D eigenvalue weighted by Gasteiger charge is -2.21. The molecule has 1 aromatic heterocycles. The van der Waals surface area contributed by atoms with Crippen molar-refractivity contribution in [3.05, 3.63) is 40.5 Å². The number of benzene rings is 1. The second-order valence-corrected chi connectivity index (χ2v) is 7.58. The maximum atomic E-state index is 12.6. The van der Waals surface area contributed by atoms with Crippen LogP contribution in [-0.4, -0.2) is 31.5 Å². The predicted octanol–water partition coefficient (Wildman–Crippen LogP) is 2.28. The minimum atomic E-state index is -3.95. The Balaban J connectivity index is 2.53. The summed E-state index contributed by atoms with van der Waals surface area (Å²) >= 11 is 0.795. The molecule has 0 bridgehead atoms. The highest BCUT2D eigenvalue weighted by Gasteiger charge is 2.30. The molecule has 0 radical (unpaired) electrons. The van der Waals surface area contributed by atoms with Crippen LogP contribution in [0.25, 0.3) is 0 Å². The van der Waals surface area contributed by atoms with E-state index in [-0.39, 0.29) is 4.21 Å². The lowest BCUT2D eigenvalue weighted by molar-refractivity contribution is 0.0687. The maximum Gasteiger partial charge on any atom is 0.356 e. The van der Waals surface area contributed by atoms with Crippen LogP contribution in [-0.2, 0) is 10.0 Å². The van der Waals surface area contributed by atoms with Gasteiger partial charge in [-0.3, -0.25) is 4.31 Å². The van der Waals surface area contributed by atoms with Crippen molar-refractivity contribution in [1.29, 1.82) is 0 Å². The van der Waals surface area contributed by atoms with Crippen molar-refractivity contribution in [1.82, 2.24) is 4.98 Å². The number of thiazole rings is 1. The van der Waals surface area contributed by atoms with E-state index >= 15 is 0 Å². The third kappa shape index (κ3) is 2.77. The van der Waals surface area contributed by atoms with Crippen LogP contribution in [0.3, 0.4) is 0 Å². The van der Waals surface area contributed by atoms with Gasteiger partial charge in [0.05, 0.1) is 11.2 Å². The Kier molecular flexibility index (Phi) is 4.02. The predicted molar refractivity (Wildman–Crippen MR) is 80.6 cm³/mol. The van der Waals surface area contributed by atoms with Crippen LogP contribution in [0.15, 0.2) is 27.9 Å². The Morgan fingerprint density at radius 1 is 1.33 bits per heavy atom. The van der Waals surface area contributed by atoms with E-state index in [9.17, 15) is 13.2 Å². The first-order chi connectivity index (χ1) is 9.75. The van der Waals surface area contributed by atoms with Gasteiger partial charge in [-0.1, -0.05) is 17.7 Å². The normalized spacial score (nSPS) is 11.4. The quantitative estimate of drug-likeness (QED) is 0.931. The Bertz CT molecular complexity index is 796. The summed E-state index contributed by atoms with van der Waals surface area (Å²) in [6.07, 6.45) is 0. The summed E-state index contributed by atoms with van der Waals surface area (Å²) in [7, 11) is -2.55. The number of anilines is 1. The van der Waals surface area contributed by atoms with Crippen LogP contribution in [0, 0.1) is 13.8 Å². The molecule has 1 aromatic carbocycles. The van der Waals surface area contributed by atoms with Crippen LogP contribution in [0.1, 0.15) is 21.6 Å². The van der Waals surface area contributed by atoms with Crippen LogP contribution in [0.4, 0.5) is 5.69 Å². The molecule has 112 valence electrons. The van der Waals surface area contributed by atoms with Crippen molar-refractivity contribution < 1.29 is 18.3 Å². The highest BCUT2D eigenvalue weighted by atomic mass is 32.2. The number of hydrogen-bond donors (Lipinski definition) is 1. The first-order valence-electron chi connectivity index (χ1n) is 5.98. The SMILES string of the molecule is Cc1ccc(N(C)S(=O)(=O)c2scnc2C(=O)O)c(C)c1. The molecule has 0 aliphatic rings. The van der Waals surface area contributed by atoms with Gasteiger partial charge in [0.25, 0.3) is 10.0 Å². The summed E-state index contributed by atoms with van der Waals surface area (Å²) in [5.41, 5.74) is 3.09. The van der Waals surface area contributed by atoms with E-state index in [0.717, 1.165) is 26.8 Å². The Labute approximate surface area is 126 Å². The van der Waals surface area contributed by atoms with Crippen LogP contribution >= 0.6 is 11.3 Å². The van der Waals surface area contributed by atoms with Gasteiger partial charge in [0.15, 0.2) is 9.90 Å². The highest BCUT2D eigenvalue weighted by Crippen LogP contribution is 2.29. The van der Waals surface area contributed by atoms with Gasteiger partial charge in [-0.15, -0.1) is 11.3 Å². The molecule has 2 rings (SSSR count). The summed E-state index contributed by atoms with van der Waals surface area (Å²) in [5, 5.41) is 9.02. The largest absolute Gasteiger partial charge is 0.476 e. The van der Waals surface area contributed by atoms with Crippen LogP contribution in [0.2, 0.25) is 0 Å². The Hall–Kier alpha value is -1.93. The van der Waals surface area contributed by atoms with E-state index in [1.165, 1.54) is 12.6 Å². The Morgan fingerprint density at radius 3 is 2.57 bits per heavy atom. The molecular weight excluding hydrogens is 312 g/mol. The average molecular weight is 326 g/mol. The molecular formula is C13H14N2O4S2. The molecule has 1 heterocycles. The van der Waals surface area contributed by atoms with Gasteiger partial charge < -0.3 is 5.11 Å². The number of rotatable bonds is 4. The summed E-state index contributed by atoms with van der Waals surface area (Å²) in [6.45, 7) is 3.72. The molecule has 0 unspecified atom stereocenters. The molecule has 0 spiro atoms. The fourth-order valence-electron chi connectivity index (χ4n) is 1.97. The van der Waals surface area contributed by atoms with Crippen molar-refractivity contribution in [2.24, 2.45) is 0 Å². The summed E-state index contributed by atoms with van der Waals surface area (Å²) in [4.78, 5) is 14.7. The number of nitrogens with zero attached hydrogens (tertiary/aromatic N) is 2. The zero-order valence-corrected chi connectivity index (χ0v) is 13.3. The van der Waals surface area contributed by atoms with E-state index in [4.69, 9.17) is 5.11 Å². The number of carboxylic acid groups (broad SMARTS) is 1. The number of hydrogen-bond acceptors (Lipinski definition) is 5. The standard InChI is InChI=1S/C13H14N2O4S2/c1-8-4-5-10(9(2)6-8)15(3)21(18,19)13-11(12(16)17)14-7-20-13/h4-7H,1-3H3,(H,16,17). The highest BCUT2D eigenvalue weighted by molar-refractivity contribution is 7.94. The number of sulfonamides is 1. The second kappa shape index (κ2) is 5.45. The lowest BCUT2D eigenvalue weighted by atomic mass is 10.1. The molecule has 2 aromatic rings. The third-order valence-electron chi connectivity index (χ3n) is 3.02. The summed E-state index contributed by atoms with van der Waals surface area (Å²) in [6, 6.07) is 5.37. The monoisotopic (exact) mass is 326 g/mol. The molecule has 1 N–H and O–H groups in total. The zero-order valence-electron chi connectivity index (χ0n) is 11.7. The molecule has 0 saturated heterocycles. The van der Waals surface area contributed by atoms with Gasteiger partial charge in [-0.05, 0) is 25.5 Å². The molecule has 0 amide bonds. The van der Waals surface area contributed by atoms with Crippen molar-refractivity contribution >= 4 is 33.0 Å². The van der Waals surface area contributed by atoms with Gasteiger partial charge in [-0.2, -0.15) is 0 Å². The van der Waals surface area contributed by atoms with E-state index in [1.807, 2.05) is 13.0 Å². The van der Waals surface area contributed by atoms with Gasteiger partial charge in [0, 0.05) is 7.05 Å². The number of carboxylic acids is 1. The maximum absolute atomic E-state index is 12.6. The minimum absolute atomic E-state index is 0.266. The number of aromatic carboxylic acids is 1. The summed E-state index contributed by atoms with van der Waals surface area (Å²) in [5.74, 6) is -1.36. The number of carbonyl (C=O) groups is 1. The molecule has 0 aliphatic heterocycles. The molecule has 0 atom stereocenters. The van der Waals surface area contributed by atoms with Gasteiger partial charge in [0.2, 0.25) is 0 Å². The van der Waals surface area contributed by atoms with E-state index in [2.05, 4.69) is 4.98 Å². The lowest BCUT2D eigenvalue weighted by Crippen LogP contribution is -2.28. The van der Waals surface area contributed by atoms with Gasteiger partial charge in [0.1, 0.15) is 0 Å². The first kappa shape index (κ1) is 15.5. The fraction of sp³-hybridized carbons (Fsp3) is 0.231. The average Bonchev–Trinajstić information content (AvgIpc) is 2.88. The van der Waals surface area contributed by atoms with Crippen molar-refractivity contribution in [3.63, 3.8) is 0 Å². The van der Waals surface area contributed by atoms with Crippen molar-refractivity contribution in [2.45, 2.75) is 18.1 Å². The Morgan fingerprint density at radius 2 is 2.00 bits per heavy atom. The molecule has 8 heteroatoms. The van der Waals surface area contributed by atoms with Crippen LogP contribution in [0.5, 0.6) is 0 Å². The molecule has 0 saturated carbocycles. The van der Waals surface area contributed by atoms with Gasteiger partial charge >= 0.3 is 5.97 Å². The minimum Gasteiger partial charge on any atom is -0.476 e. The topological polar surface area (TPSA) is 87.6 Å². The molecule has 21 heavy (non-hydrogen) atoms. The zero-order chi connectivity index (χ0) is 15.8. The molecule has 0 aliphatic carbocycles. The second-order valence-electron chi connectivity index (χ2n) is 4.56. The van der Waals surface area contributed by atoms with E-state index in [1.54, 1.807) is 19.1 Å². The summed E-state index contributed by atoms with van der Waals surface area (Å²) < 4.78 is 26.0.